The summed E-state index contributed by atoms with van der Waals surface area (Å²) in [6.07, 6.45) is 6.11. The lowest BCUT2D eigenvalue weighted by Gasteiger charge is -2.32. The summed E-state index contributed by atoms with van der Waals surface area (Å²) in [6.45, 7) is 1.58. The lowest BCUT2D eigenvalue weighted by atomic mass is 10.2. The minimum Gasteiger partial charge on any atom is -0.467 e. The Hall–Kier alpha value is -3.13. The number of carbonyl (C=O) groups is 1. The zero-order chi connectivity index (χ0) is 18.6. The van der Waals surface area contributed by atoms with Crippen LogP contribution >= 0.6 is 0 Å². The number of morpholine rings is 1. The number of rotatable bonds is 4. The normalized spacial score (nSPS) is 17.1. The van der Waals surface area contributed by atoms with E-state index in [2.05, 4.69) is 10.3 Å². The summed E-state index contributed by atoms with van der Waals surface area (Å²) in [5.74, 6) is 0.327. The van der Waals surface area contributed by atoms with Crippen LogP contribution < -0.4 is 5.32 Å². The van der Waals surface area contributed by atoms with Gasteiger partial charge in [0.25, 0.3) is 0 Å². The molecule has 1 atom stereocenters. The van der Waals surface area contributed by atoms with Crippen molar-refractivity contribution >= 4 is 6.03 Å². The quantitative estimate of drug-likeness (QED) is 0.767. The van der Waals surface area contributed by atoms with Crippen molar-refractivity contribution in [3.63, 3.8) is 0 Å². The SMILES string of the molecule is O=C(NCc1ccc(-n2ccnc2)c(F)c1)N1CCOC(c2ccco2)C1. The molecule has 1 aromatic carbocycles. The zero-order valence-corrected chi connectivity index (χ0v) is 14.5. The van der Waals surface area contributed by atoms with Crippen molar-refractivity contribution in [1.29, 1.82) is 0 Å². The van der Waals surface area contributed by atoms with Gasteiger partial charge >= 0.3 is 6.03 Å². The predicted molar refractivity (Wildman–Crippen MR) is 94.7 cm³/mol. The average molecular weight is 370 g/mol. The van der Waals surface area contributed by atoms with Crippen molar-refractivity contribution in [1.82, 2.24) is 19.8 Å². The molecule has 1 aliphatic heterocycles. The molecule has 1 fully saturated rings. The smallest absolute Gasteiger partial charge is 0.317 e. The van der Waals surface area contributed by atoms with Crippen molar-refractivity contribution < 1.29 is 18.3 Å². The topological polar surface area (TPSA) is 72.5 Å². The van der Waals surface area contributed by atoms with Crippen LogP contribution in [0.1, 0.15) is 17.4 Å². The zero-order valence-electron chi connectivity index (χ0n) is 14.5. The lowest BCUT2D eigenvalue weighted by Crippen LogP contribution is -2.46. The van der Waals surface area contributed by atoms with Gasteiger partial charge in [-0.15, -0.1) is 0 Å². The van der Waals surface area contributed by atoms with Gasteiger partial charge in [0.1, 0.15) is 17.7 Å². The van der Waals surface area contributed by atoms with E-state index in [1.807, 2.05) is 6.07 Å². The van der Waals surface area contributed by atoms with Crippen molar-refractivity contribution in [2.45, 2.75) is 12.6 Å². The van der Waals surface area contributed by atoms with Gasteiger partial charge in [-0.25, -0.2) is 14.2 Å². The fraction of sp³-hybridized carbons (Fsp3) is 0.263. The highest BCUT2D eigenvalue weighted by atomic mass is 19.1. The highest BCUT2D eigenvalue weighted by Crippen LogP contribution is 2.22. The van der Waals surface area contributed by atoms with Gasteiger partial charge < -0.3 is 23.9 Å². The highest BCUT2D eigenvalue weighted by molar-refractivity contribution is 5.74. The van der Waals surface area contributed by atoms with E-state index >= 15 is 0 Å². The fourth-order valence-electron chi connectivity index (χ4n) is 3.04. The number of hydrogen-bond acceptors (Lipinski definition) is 4. The van der Waals surface area contributed by atoms with Gasteiger partial charge in [-0.05, 0) is 29.8 Å². The van der Waals surface area contributed by atoms with Crippen molar-refractivity contribution in [3.05, 3.63) is 72.5 Å². The van der Waals surface area contributed by atoms with Crippen LogP contribution in [0.25, 0.3) is 5.69 Å². The van der Waals surface area contributed by atoms with Crippen LogP contribution in [-0.4, -0.2) is 40.2 Å². The minimum absolute atomic E-state index is 0.214. The molecule has 1 N–H and O–H groups in total. The van der Waals surface area contributed by atoms with E-state index in [1.165, 1.54) is 12.4 Å². The molecule has 0 spiro atoms. The van der Waals surface area contributed by atoms with Crippen LogP contribution in [0.2, 0.25) is 0 Å². The highest BCUT2D eigenvalue weighted by Gasteiger charge is 2.26. The van der Waals surface area contributed by atoms with Gasteiger partial charge in [-0.1, -0.05) is 6.07 Å². The standard InChI is InChI=1S/C19H19FN4O3/c20-15-10-14(3-4-16(15)24-6-5-21-13-24)11-22-19(25)23-7-9-27-18(12-23)17-2-1-8-26-17/h1-6,8,10,13,18H,7,9,11-12H2,(H,22,25). The summed E-state index contributed by atoms with van der Waals surface area (Å²) < 4.78 is 26.9. The van der Waals surface area contributed by atoms with Crippen LogP contribution in [0.15, 0.2) is 59.7 Å². The summed E-state index contributed by atoms with van der Waals surface area (Å²) in [6, 6.07) is 8.27. The molecule has 0 aliphatic carbocycles. The van der Waals surface area contributed by atoms with E-state index in [0.29, 0.717) is 36.7 Å². The van der Waals surface area contributed by atoms with Gasteiger partial charge in [0.05, 0.1) is 31.4 Å². The number of hydrogen-bond donors (Lipinski definition) is 1. The minimum atomic E-state index is -0.371. The van der Waals surface area contributed by atoms with Gasteiger partial charge in [0.15, 0.2) is 0 Å². The number of benzene rings is 1. The second-order valence-corrected chi connectivity index (χ2v) is 6.24. The molecule has 0 saturated carbocycles. The Morgan fingerprint density at radius 1 is 1.37 bits per heavy atom. The molecule has 1 aliphatic rings. The van der Waals surface area contributed by atoms with E-state index in [-0.39, 0.29) is 24.5 Å². The third-order valence-electron chi connectivity index (χ3n) is 4.45. The number of nitrogens with zero attached hydrogens (tertiary/aromatic N) is 3. The number of furan rings is 1. The van der Waals surface area contributed by atoms with Crippen molar-refractivity contribution in [2.24, 2.45) is 0 Å². The number of aromatic nitrogens is 2. The summed E-state index contributed by atoms with van der Waals surface area (Å²) in [7, 11) is 0. The maximum atomic E-state index is 14.3. The first-order valence-electron chi connectivity index (χ1n) is 8.65. The number of nitrogens with one attached hydrogen (secondary N) is 1. The maximum absolute atomic E-state index is 14.3. The second-order valence-electron chi connectivity index (χ2n) is 6.24. The van der Waals surface area contributed by atoms with Crippen molar-refractivity contribution in [2.75, 3.05) is 19.7 Å². The molecule has 140 valence electrons. The molecule has 4 rings (SSSR count). The Labute approximate surface area is 155 Å². The Morgan fingerprint density at radius 3 is 3.04 bits per heavy atom. The van der Waals surface area contributed by atoms with Gasteiger partial charge in [-0.2, -0.15) is 0 Å². The van der Waals surface area contributed by atoms with Crippen LogP contribution in [-0.2, 0) is 11.3 Å². The average Bonchev–Trinajstić information content (AvgIpc) is 3.40. The molecule has 0 radical (unpaired) electrons. The summed E-state index contributed by atoms with van der Waals surface area (Å²) in [5.41, 5.74) is 1.10. The largest absolute Gasteiger partial charge is 0.467 e. The first kappa shape index (κ1) is 17.3. The Morgan fingerprint density at radius 2 is 2.30 bits per heavy atom. The van der Waals surface area contributed by atoms with Crippen LogP contribution in [0.5, 0.6) is 0 Å². The van der Waals surface area contributed by atoms with Gasteiger partial charge in [-0.3, -0.25) is 0 Å². The fourth-order valence-corrected chi connectivity index (χ4v) is 3.04. The number of imidazole rings is 1. The first-order chi connectivity index (χ1) is 13.2. The summed E-state index contributed by atoms with van der Waals surface area (Å²) in [4.78, 5) is 18.0. The van der Waals surface area contributed by atoms with E-state index in [4.69, 9.17) is 9.15 Å². The van der Waals surface area contributed by atoms with Gasteiger partial charge in [0.2, 0.25) is 0 Å². The van der Waals surface area contributed by atoms with Crippen LogP contribution in [0, 0.1) is 5.82 Å². The Kier molecular flexibility index (Phi) is 4.88. The third kappa shape index (κ3) is 3.85. The molecular formula is C19H19FN4O3. The Balaban J connectivity index is 1.35. The van der Waals surface area contributed by atoms with Gasteiger partial charge in [0, 0.05) is 25.5 Å². The van der Waals surface area contributed by atoms with E-state index < -0.39 is 0 Å². The Bertz CT molecular complexity index is 896. The molecule has 2 amide bonds. The van der Waals surface area contributed by atoms with E-state index in [9.17, 15) is 9.18 Å². The molecule has 2 aromatic heterocycles. The lowest BCUT2D eigenvalue weighted by molar-refractivity contribution is -0.0260. The summed E-state index contributed by atoms with van der Waals surface area (Å²) >= 11 is 0. The number of urea groups is 1. The molecular weight excluding hydrogens is 351 g/mol. The molecule has 1 unspecified atom stereocenters. The molecule has 3 aromatic rings. The molecule has 1 saturated heterocycles. The number of halogens is 1. The molecule has 8 heteroatoms. The molecule has 27 heavy (non-hydrogen) atoms. The molecule has 3 heterocycles. The number of ether oxygens (including phenoxy) is 1. The van der Waals surface area contributed by atoms with E-state index in [0.717, 1.165) is 0 Å². The summed E-state index contributed by atoms with van der Waals surface area (Å²) in [5, 5.41) is 2.83. The van der Waals surface area contributed by atoms with Crippen LogP contribution in [0.4, 0.5) is 9.18 Å². The monoisotopic (exact) mass is 370 g/mol. The van der Waals surface area contributed by atoms with Crippen LogP contribution in [0.3, 0.4) is 0 Å². The first-order valence-corrected chi connectivity index (χ1v) is 8.65. The molecule has 7 nitrogen and oxygen atoms in total. The van der Waals surface area contributed by atoms with Crippen molar-refractivity contribution in [3.8, 4) is 5.69 Å². The number of carbonyl (C=O) groups excluding carboxylic acids is 1. The molecule has 0 bridgehead atoms. The van der Waals surface area contributed by atoms with E-state index in [1.54, 1.807) is 46.3 Å². The predicted octanol–water partition coefficient (Wildman–Crippen LogP) is 2.89. The second kappa shape index (κ2) is 7.63. The number of amides is 2. The maximum Gasteiger partial charge on any atom is 0.317 e. The third-order valence-corrected chi connectivity index (χ3v) is 4.45.